The van der Waals surface area contributed by atoms with Gasteiger partial charge in [-0.1, -0.05) is 13.2 Å². The van der Waals surface area contributed by atoms with Crippen LogP contribution in [-0.4, -0.2) is 112 Å². The predicted molar refractivity (Wildman–Crippen MR) is 267 cm³/mol. The molecule has 0 saturated heterocycles. The summed E-state index contributed by atoms with van der Waals surface area (Å²) in [7, 11) is -31.7. The van der Waals surface area contributed by atoms with E-state index in [0.717, 1.165) is 50.3 Å². The molecule has 0 aliphatic carbocycles. The van der Waals surface area contributed by atoms with E-state index in [4.69, 9.17) is 0 Å². The molecule has 0 unspecified atom stereocenters. The third kappa shape index (κ3) is 23.4. The first-order valence-electron chi connectivity index (χ1n) is 20.6. The Bertz CT molecular complexity index is 4230. The molecule has 6 aromatic carbocycles. The van der Waals surface area contributed by atoms with Crippen molar-refractivity contribution in [3.63, 3.8) is 0 Å². The summed E-state index contributed by atoms with van der Waals surface area (Å²) in [6.07, 6.45) is 1.60. The van der Waals surface area contributed by atoms with Crippen LogP contribution in [0.3, 0.4) is 0 Å². The van der Waals surface area contributed by atoms with Crippen molar-refractivity contribution < 1.29 is 350 Å². The van der Waals surface area contributed by atoms with E-state index in [1.807, 2.05) is 0 Å². The summed E-state index contributed by atoms with van der Waals surface area (Å²) < 4.78 is 211. The molecule has 6 N–H and O–H groups in total. The van der Waals surface area contributed by atoms with E-state index in [-0.39, 0.29) is 243 Å². The van der Waals surface area contributed by atoms with Gasteiger partial charge in [0.1, 0.15) is 72.1 Å². The summed E-state index contributed by atoms with van der Waals surface area (Å²) >= 11 is 0. The largest absolute Gasteiger partial charge is 1.00 e. The van der Waals surface area contributed by atoms with Crippen molar-refractivity contribution in [2.24, 2.45) is 20.5 Å². The number of phenols is 2. The zero-order valence-corrected chi connectivity index (χ0v) is 65.9. The minimum Gasteiger partial charge on any atom is -0.744 e. The molecule has 44 heteroatoms. The molecule has 0 aliphatic heterocycles. The average Bonchev–Trinajstić information content (AvgIpc) is 3.31. The minimum absolute atomic E-state index is 0. The Balaban J connectivity index is 0. The molecular weight excluding hydrogens is 1380 g/mol. The smallest absolute Gasteiger partial charge is 0.744 e. The third-order valence-corrected chi connectivity index (χ3v) is 14.9. The normalized spacial score (nSPS) is 11.5. The number of carbonyl (C=O) groups is 4. The monoisotopic (exact) mass is 1410 g/mol. The van der Waals surface area contributed by atoms with Crippen molar-refractivity contribution >= 4 is 151 Å². The first-order valence-corrected chi connectivity index (χ1v) is 29.1. The fourth-order valence-electron chi connectivity index (χ4n) is 6.71. The van der Waals surface area contributed by atoms with E-state index in [9.17, 15) is 107 Å². The Kier molecular flexibility index (Phi) is 35.6. The van der Waals surface area contributed by atoms with Crippen LogP contribution in [0.1, 0.15) is 13.8 Å². The molecule has 0 radical (unpaired) electrons. The number of hydrogen-bond donors (Lipinski definition) is 6. The van der Waals surface area contributed by atoms with Crippen molar-refractivity contribution in [1.29, 1.82) is 0 Å². The summed E-state index contributed by atoms with van der Waals surface area (Å²) in [5.74, 6) is -5.48. The molecule has 6 rings (SSSR count). The number of rotatable bonds is 16. The van der Waals surface area contributed by atoms with Crippen molar-refractivity contribution in [3.8, 4) is 11.5 Å². The van der Waals surface area contributed by atoms with Crippen LogP contribution in [0.25, 0.3) is 21.5 Å². The van der Waals surface area contributed by atoms with Gasteiger partial charge in [-0.2, -0.15) is 10.2 Å². The number of fused-ring (bicyclic) bond motifs is 2. The van der Waals surface area contributed by atoms with Gasteiger partial charge in [0.25, 0.3) is 0 Å². The Hall–Kier alpha value is -0.631. The Morgan fingerprint density at radius 1 is 0.419 bits per heavy atom. The molecule has 0 spiro atoms. The van der Waals surface area contributed by atoms with Crippen LogP contribution in [0, 0.1) is 0 Å². The number of amides is 4. The van der Waals surface area contributed by atoms with Crippen molar-refractivity contribution in [3.05, 3.63) is 98.1 Å². The number of anilines is 4. The molecule has 0 aliphatic rings. The maximum atomic E-state index is 12.0. The fourth-order valence-corrected chi connectivity index (χ4v) is 10.4. The maximum absolute atomic E-state index is 12.0. The van der Waals surface area contributed by atoms with Crippen LogP contribution >= 0.6 is 0 Å². The van der Waals surface area contributed by atoms with Crippen LogP contribution in [0.2, 0.25) is 0 Å². The molecule has 6 aromatic rings. The summed E-state index contributed by atoms with van der Waals surface area (Å²) in [5.41, 5.74) is -4.69. The average molecular weight is 1410 g/mol. The zero-order valence-electron chi connectivity index (χ0n) is 45.6. The van der Waals surface area contributed by atoms with E-state index in [2.05, 4.69) is 54.9 Å². The van der Waals surface area contributed by atoms with Crippen LogP contribution in [0.5, 0.6) is 11.5 Å². The van der Waals surface area contributed by atoms with Gasteiger partial charge in [0.2, 0.25) is 23.6 Å². The van der Waals surface area contributed by atoms with Crippen LogP contribution in [0.15, 0.2) is 148 Å². The maximum Gasteiger partial charge on any atom is 1.00 e. The first-order chi connectivity index (χ1) is 36.6. The van der Waals surface area contributed by atoms with Gasteiger partial charge in [0, 0.05) is 24.6 Å². The van der Waals surface area contributed by atoms with Gasteiger partial charge in [-0.25, -0.2) is 50.5 Å². The number of phenolic OH excluding ortho intramolecular Hbond substituents is 2. The second kappa shape index (κ2) is 35.0. The number of nitrogens with one attached hydrogen (secondary N) is 4. The van der Waals surface area contributed by atoms with E-state index in [0.29, 0.717) is 48.5 Å². The Morgan fingerprint density at radius 3 is 0.953 bits per heavy atom. The topological polar surface area (TPSA) is 549 Å². The number of nitrogens with zero attached hydrogens (tertiary/aromatic N) is 4. The van der Waals surface area contributed by atoms with Crippen LogP contribution < -0.4 is 264 Å². The number of hydrogen-bond acceptors (Lipinski definition) is 28. The van der Waals surface area contributed by atoms with Crippen molar-refractivity contribution in [2.75, 3.05) is 21.3 Å². The Labute approximate surface area is 682 Å². The van der Waals surface area contributed by atoms with Crippen LogP contribution in [0.4, 0.5) is 45.5 Å². The number of benzene rings is 6. The van der Waals surface area contributed by atoms with E-state index < -0.39 is 192 Å². The molecule has 4 amide bonds. The molecule has 0 bridgehead atoms. The summed E-state index contributed by atoms with van der Waals surface area (Å²) in [4.78, 5) is 40.2. The standard InChI is InChI=1S/2C21H18N4O12S3.3K.3Na/c2*1-3-18(27)23-14-5-4-12(8-16(14)39(32,33)34)24-25-20-17(40(35,36)37)7-11-6-13(38(29,30)31)9-15(22-10(2)26)19(11)21(20)28;;;;;;/h2*3-9,28H,1H2,2H3,(H,22,26)(H,23,27)(H,29,30,31)(H,32,33,34)(H,35,36,37);;;;;;/q;;6*+1/p-6. The molecule has 0 saturated carbocycles. The molecular formula is C42H30K3N8Na3O24S6. The van der Waals surface area contributed by atoms with Crippen LogP contribution in [-0.2, 0) is 79.9 Å². The molecule has 0 aromatic heterocycles. The van der Waals surface area contributed by atoms with E-state index in [1.165, 1.54) is 0 Å². The summed E-state index contributed by atoms with van der Waals surface area (Å²) in [5, 5.41) is 42.6. The van der Waals surface area contributed by atoms with E-state index in [1.54, 1.807) is 0 Å². The predicted octanol–water partition coefficient (Wildman–Crippen LogP) is -14.5. The number of aromatic hydroxyl groups is 2. The van der Waals surface area contributed by atoms with Gasteiger partial charge in [-0.3, -0.25) is 19.2 Å². The molecule has 0 atom stereocenters. The van der Waals surface area contributed by atoms with Crippen molar-refractivity contribution in [2.45, 2.75) is 43.2 Å². The van der Waals surface area contributed by atoms with Gasteiger partial charge in [0.05, 0.1) is 63.5 Å². The van der Waals surface area contributed by atoms with E-state index >= 15 is 0 Å². The first kappa shape index (κ1) is 87.4. The molecule has 0 fully saturated rings. The van der Waals surface area contributed by atoms with Crippen molar-refractivity contribution in [1.82, 2.24) is 0 Å². The molecule has 32 nitrogen and oxygen atoms in total. The summed E-state index contributed by atoms with van der Waals surface area (Å²) in [6.45, 7) is 8.37. The number of azo groups is 2. The van der Waals surface area contributed by atoms with Gasteiger partial charge < -0.3 is 58.8 Å². The van der Waals surface area contributed by atoms with Gasteiger partial charge in [0.15, 0.2) is 11.5 Å². The van der Waals surface area contributed by atoms with Gasteiger partial charge in [-0.05, 0) is 95.7 Å². The fraction of sp³-hybridized carbons (Fsp3) is 0.0476. The zero-order chi connectivity index (χ0) is 60.4. The molecule has 0 heterocycles. The molecule has 86 heavy (non-hydrogen) atoms. The number of carbonyl (C=O) groups excluding carboxylic acids is 4. The van der Waals surface area contributed by atoms with Gasteiger partial charge in [-0.15, -0.1) is 10.2 Å². The molecule has 424 valence electrons. The third-order valence-electron chi connectivity index (χ3n) is 9.87. The second-order valence-corrected chi connectivity index (χ2v) is 23.7. The van der Waals surface area contributed by atoms with Gasteiger partial charge >= 0.3 is 243 Å². The second-order valence-electron chi connectivity index (χ2n) is 15.5. The Morgan fingerprint density at radius 2 is 0.709 bits per heavy atom. The summed E-state index contributed by atoms with van der Waals surface area (Å²) in [6, 6.07) is 9.10. The minimum atomic E-state index is -5.47. The quantitative estimate of drug-likeness (QED) is 0.0227. The SMILES string of the molecule is C=CC(=O)Nc1ccc(N=Nc2c(S(=O)(=O)[O-])cc3cc(S(=O)(=O)[O-])cc(NC(C)=O)c3c2O)cc1S(=O)(=O)[O-].C=CC(=O)Nc1ccc(N=Nc2c(S(=O)(=O)[O-])cc3cc(S(=O)(=O)[O-])cc(NC(C)=O)c3c2O)cc1S(=O)(=O)[O-].[K+].[K+].[K+].[Na+].[Na+].[Na+].